The van der Waals surface area contributed by atoms with Gasteiger partial charge in [0.25, 0.3) is 5.91 Å². The van der Waals surface area contributed by atoms with Gasteiger partial charge in [-0.2, -0.15) is 0 Å². The number of carbonyl (C=O) groups is 2. The quantitative estimate of drug-likeness (QED) is 0.429. The van der Waals surface area contributed by atoms with Crippen molar-refractivity contribution in [2.75, 3.05) is 13.7 Å². The molecule has 0 spiro atoms. The van der Waals surface area contributed by atoms with Crippen molar-refractivity contribution in [1.29, 1.82) is 5.41 Å². The summed E-state index contributed by atoms with van der Waals surface area (Å²) in [5.41, 5.74) is 0.713. The first kappa shape index (κ1) is 19.7. The molecule has 0 fully saturated rings. The predicted molar refractivity (Wildman–Crippen MR) is 99.3 cm³/mol. The average Bonchev–Trinajstić information content (AvgIpc) is 2.62. The van der Waals surface area contributed by atoms with Gasteiger partial charge in [0.15, 0.2) is 0 Å². The summed E-state index contributed by atoms with van der Waals surface area (Å²) < 4.78 is 4.53. The zero-order chi connectivity index (χ0) is 19.1. The van der Waals surface area contributed by atoms with Crippen LogP contribution in [0.1, 0.15) is 12.0 Å². The highest BCUT2D eigenvalue weighted by molar-refractivity contribution is 6.47. The maximum Gasteiger partial charge on any atom is 0.307 e. The summed E-state index contributed by atoms with van der Waals surface area (Å²) in [6, 6.07) is 5.17. The Kier molecular flexibility index (Phi) is 6.99. The van der Waals surface area contributed by atoms with Crippen molar-refractivity contribution >= 4 is 46.7 Å². The largest absolute Gasteiger partial charge is 0.469 e. The number of amides is 1. The number of guanidine groups is 1. The summed E-state index contributed by atoms with van der Waals surface area (Å²) in [6.45, 7) is 0.652. The van der Waals surface area contributed by atoms with Crippen molar-refractivity contribution < 1.29 is 14.3 Å². The normalized spacial score (nSPS) is 15.3. The molecule has 0 unspecified atom stereocenters. The molecular weight excluding hydrogens is 381 g/mol. The highest BCUT2D eigenvalue weighted by Gasteiger charge is 2.22. The molecule has 0 atom stereocenters. The maximum absolute atomic E-state index is 11.9. The summed E-state index contributed by atoms with van der Waals surface area (Å²) in [5.74, 6) is -0.740. The van der Waals surface area contributed by atoms with Gasteiger partial charge in [0.05, 0.1) is 23.6 Å². The molecule has 26 heavy (non-hydrogen) atoms. The molecule has 0 aliphatic carbocycles. The van der Waals surface area contributed by atoms with Crippen LogP contribution in [0, 0.1) is 5.41 Å². The summed E-state index contributed by atoms with van der Waals surface area (Å²) in [7, 11) is 1.30. The molecule has 1 amide bonds. The van der Waals surface area contributed by atoms with E-state index in [1.54, 1.807) is 18.2 Å². The van der Waals surface area contributed by atoms with E-state index >= 15 is 0 Å². The van der Waals surface area contributed by atoms with Crippen LogP contribution in [0.25, 0.3) is 0 Å². The van der Waals surface area contributed by atoms with Crippen molar-refractivity contribution in [3.63, 3.8) is 0 Å². The number of aliphatic imine (C=N–C) groups is 1. The second kappa shape index (κ2) is 9.21. The minimum atomic E-state index is -0.586. The highest BCUT2D eigenvalue weighted by atomic mass is 35.5. The summed E-state index contributed by atoms with van der Waals surface area (Å²) in [4.78, 5) is 27.1. The Morgan fingerprint density at radius 1 is 1.38 bits per heavy atom. The first-order valence-corrected chi connectivity index (χ1v) is 8.33. The number of benzene rings is 1. The molecule has 0 radical (unpaired) electrons. The van der Waals surface area contributed by atoms with Crippen molar-refractivity contribution in [3.05, 3.63) is 45.7 Å². The molecule has 10 heteroatoms. The lowest BCUT2D eigenvalue weighted by Crippen LogP contribution is -2.47. The van der Waals surface area contributed by atoms with Crippen molar-refractivity contribution in [2.24, 2.45) is 4.99 Å². The van der Waals surface area contributed by atoms with E-state index in [0.29, 0.717) is 23.1 Å². The van der Waals surface area contributed by atoms with Crippen LogP contribution in [0.2, 0.25) is 10.0 Å². The van der Waals surface area contributed by atoms with Gasteiger partial charge in [-0.3, -0.25) is 20.3 Å². The number of nitrogens with zero attached hydrogens (tertiary/aromatic N) is 1. The monoisotopic (exact) mass is 397 g/mol. The summed E-state index contributed by atoms with van der Waals surface area (Å²) in [6.07, 6.45) is 1.57. The van der Waals surface area contributed by atoms with E-state index in [1.807, 2.05) is 0 Å². The average molecular weight is 398 g/mol. The fourth-order valence-corrected chi connectivity index (χ4v) is 2.28. The predicted octanol–water partition coefficient (Wildman–Crippen LogP) is 1.58. The standard InChI is InChI=1S/C16H17Cl2N5O3/c1-26-13(24)4-5-20-8-12-14(19)15(25)23-16(22-12)21-7-9-2-3-10(17)11(18)6-9/h2-3,6,8,19-20H,4-5,7H2,1H3,(H2,21,22,23,25)/b12-8+,19-14?. The SMILES string of the molecule is COC(=O)CCN/C=C1/N=C(NCc2ccc(Cl)c(Cl)c2)NC(=O)C1=N. The van der Waals surface area contributed by atoms with Crippen LogP contribution in [0.15, 0.2) is 35.1 Å². The third-order valence-corrected chi connectivity index (χ3v) is 4.07. The number of nitrogens with one attached hydrogen (secondary N) is 4. The van der Waals surface area contributed by atoms with Gasteiger partial charge in [-0.15, -0.1) is 0 Å². The molecule has 1 aliphatic heterocycles. The third-order valence-electron chi connectivity index (χ3n) is 3.33. The van der Waals surface area contributed by atoms with E-state index in [2.05, 4.69) is 25.7 Å². The minimum absolute atomic E-state index is 0.148. The van der Waals surface area contributed by atoms with E-state index in [1.165, 1.54) is 13.3 Å². The fraction of sp³-hybridized carbons (Fsp3) is 0.250. The Morgan fingerprint density at radius 3 is 2.85 bits per heavy atom. The number of ether oxygens (including phenoxy) is 1. The minimum Gasteiger partial charge on any atom is -0.469 e. The number of carbonyl (C=O) groups excluding carboxylic acids is 2. The van der Waals surface area contributed by atoms with E-state index in [9.17, 15) is 9.59 Å². The van der Waals surface area contributed by atoms with Gasteiger partial charge in [-0.1, -0.05) is 29.3 Å². The van der Waals surface area contributed by atoms with Crippen LogP contribution < -0.4 is 16.0 Å². The number of rotatable bonds is 6. The zero-order valence-electron chi connectivity index (χ0n) is 13.9. The van der Waals surface area contributed by atoms with E-state index in [4.69, 9.17) is 28.6 Å². The van der Waals surface area contributed by atoms with Gasteiger partial charge < -0.3 is 15.4 Å². The van der Waals surface area contributed by atoms with Crippen LogP contribution in [0.4, 0.5) is 0 Å². The molecule has 1 aromatic rings. The molecule has 1 aromatic carbocycles. The molecule has 4 N–H and O–H groups in total. The first-order valence-electron chi connectivity index (χ1n) is 7.58. The van der Waals surface area contributed by atoms with Crippen molar-refractivity contribution in [1.82, 2.24) is 16.0 Å². The topological polar surface area (TPSA) is 116 Å². The zero-order valence-corrected chi connectivity index (χ0v) is 15.4. The molecular formula is C16H17Cl2N5O3. The van der Waals surface area contributed by atoms with Crippen molar-refractivity contribution in [3.8, 4) is 0 Å². The Morgan fingerprint density at radius 2 is 2.15 bits per heavy atom. The molecule has 0 saturated heterocycles. The van der Waals surface area contributed by atoms with Gasteiger partial charge >= 0.3 is 5.97 Å². The van der Waals surface area contributed by atoms with Crippen LogP contribution >= 0.6 is 23.2 Å². The van der Waals surface area contributed by atoms with E-state index in [-0.39, 0.29) is 29.8 Å². The van der Waals surface area contributed by atoms with Crippen LogP contribution in [-0.4, -0.2) is 37.2 Å². The summed E-state index contributed by atoms with van der Waals surface area (Å²) >= 11 is 11.8. The summed E-state index contributed by atoms with van der Waals surface area (Å²) in [5, 5.41) is 16.9. The Bertz CT molecular complexity index is 792. The molecule has 1 heterocycles. The third kappa shape index (κ3) is 5.47. The number of esters is 1. The number of methoxy groups -OCH3 is 1. The molecule has 0 bridgehead atoms. The van der Waals surface area contributed by atoms with Gasteiger partial charge in [-0.25, -0.2) is 4.99 Å². The lowest BCUT2D eigenvalue weighted by atomic mass is 10.2. The van der Waals surface area contributed by atoms with Gasteiger partial charge in [0, 0.05) is 19.3 Å². The highest BCUT2D eigenvalue weighted by Crippen LogP contribution is 2.22. The van der Waals surface area contributed by atoms with Crippen LogP contribution in [0.5, 0.6) is 0 Å². The van der Waals surface area contributed by atoms with E-state index < -0.39 is 5.91 Å². The molecule has 0 aromatic heterocycles. The van der Waals surface area contributed by atoms with Crippen LogP contribution in [-0.2, 0) is 20.9 Å². The van der Waals surface area contributed by atoms with Crippen LogP contribution in [0.3, 0.4) is 0 Å². The Hall–Kier alpha value is -2.58. The number of hydrogen-bond acceptors (Lipinski definition) is 7. The molecule has 2 rings (SSSR count). The Balaban J connectivity index is 2.00. The second-order valence-corrected chi connectivity index (χ2v) is 6.02. The van der Waals surface area contributed by atoms with E-state index in [0.717, 1.165) is 5.56 Å². The molecule has 138 valence electrons. The van der Waals surface area contributed by atoms with Gasteiger partial charge in [0.2, 0.25) is 5.96 Å². The first-order chi connectivity index (χ1) is 12.4. The molecule has 1 aliphatic rings. The van der Waals surface area contributed by atoms with Crippen molar-refractivity contribution in [2.45, 2.75) is 13.0 Å². The number of hydrogen-bond donors (Lipinski definition) is 4. The van der Waals surface area contributed by atoms with Gasteiger partial charge in [-0.05, 0) is 17.7 Å². The smallest absolute Gasteiger partial charge is 0.307 e. The molecule has 0 saturated carbocycles. The molecule has 8 nitrogen and oxygen atoms in total. The Labute approximate surface area is 160 Å². The van der Waals surface area contributed by atoms with Gasteiger partial charge in [0.1, 0.15) is 11.4 Å². The lowest BCUT2D eigenvalue weighted by Gasteiger charge is -2.17. The number of halogens is 2. The maximum atomic E-state index is 11.9. The second-order valence-electron chi connectivity index (χ2n) is 5.20. The lowest BCUT2D eigenvalue weighted by molar-refractivity contribution is -0.140. The fourth-order valence-electron chi connectivity index (χ4n) is 1.96.